The fourth-order valence-electron chi connectivity index (χ4n) is 8.57. The molecule has 252 valence electrons. The van der Waals surface area contributed by atoms with E-state index in [2.05, 4.69) is 210 Å². The van der Waals surface area contributed by atoms with Crippen molar-refractivity contribution in [1.82, 2.24) is 9.55 Å². The number of nitrogens with zero attached hydrogens (tertiary/aromatic N) is 3. The second kappa shape index (κ2) is 12.2. The Bertz CT molecular complexity index is 2980. The van der Waals surface area contributed by atoms with Gasteiger partial charge in [-0.05, 0) is 97.4 Å². The molecule has 0 aliphatic carbocycles. The van der Waals surface area contributed by atoms with Crippen LogP contribution in [0.1, 0.15) is 0 Å². The second-order valence-electron chi connectivity index (χ2n) is 13.9. The molecular formula is C51H33N3. The van der Waals surface area contributed by atoms with Gasteiger partial charge in [-0.1, -0.05) is 158 Å². The Morgan fingerprint density at radius 2 is 0.852 bits per heavy atom. The first kappa shape index (κ1) is 30.4. The topological polar surface area (TPSA) is 21.1 Å². The number of anilines is 3. The number of fused-ring (bicyclic) bond motifs is 4. The molecule has 0 amide bonds. The van der Waals surface area contributed by atoms with E-state index in [9.17, 15) is 0 Å². The predicted molar refractivity (Wildman–Crippen MR) is 226 cm³/mol. The molecule has 0 N–H and O–H groups in total. The van der Waals surface area contributed by atoms with Crippen molar-refractivity contribution in [3.05, 3.63) is 200 Å². The van der Waals surface area contributed by atoms with Crippen molar-refractivity contribution in [3.63, 3.8) is 0 Å². The van der Waals surface area contributed by atoms with E-state index < -0.39 is 0 Å². The van der Waals surface area contributed by atoms with Crippen molar-refractivity contribution >= 4 is 49.6 Å². The van der Waals surface area contributed by atoms with Gasteiger partial charge in [0.05, 0.1) is 28.1 Å². The van der Waals surface area contributed by atoms with Crippen molar-refractivity contribution in [1.29, 1.82) is 0 Å². The van der Waals surface area contributed by atoms with E-state index in [1.165, 1.54) is 49.4 Å². The Kier molecular flexibility index (Phi) is 6.86. The van der Waals surface area contributed by atoms with Crippen molar-refractivity contribution in [2.75, 3.05) is 4.90 Å². The van der Waals surface area contributed by atoms with Crippen LogP contribution in [0.5, 0.6) is 0 Å². The molecule has 0 fully saturated rings. The third kappa shape index (κ3) is 4.65. The van der Waals surface area contributed by atoms with Crippen LogP contribution in [0.15, 0.2) is 200 Å². The van der Waals surface area contributed by atoms with Crippen LogP contribution in [0.2, 0.25) is 0 Å². The fraction of sp³-hybridized carbons (Fsp3) is 0. The Labute approximate surface area is 313 Å². The minimum absolute atomic E-state index is 0.944. The highest BCUT2D eigenvalue weighted by atomic mass is 15.2. The van der Waals surface area contributed by atoms with Crippen LogP contribution in [-0.2, 0) is 0 Å². The number of rotatable bonds is 5. The van der Waals surface area contributed by atoms with Gasteiger partial charge in [-0.3, -0.25) is 4.57 Å². The van der Waals surface area contributed by atoms with E-state index in [4.69, 9.17) is 4.98 Å². The molecule has 2 heterocycles. The highest BCUT2D eigenvalue weighted by molar-refractivity contribution is 6.21. The van der Waals surface area contributed by atoms with Crippen molar-refractivity contribution in [3.8, 4) is 50.5 Å². The highest BCUT2D eigenvalue weighted by Crippen LogP contribution is 2.50. The lowest BCUT2D eigenvalue weighted by Gasteiger charge is -2.33. The summed E-state index contributed by atoms with van der Waals surface area (Å²) in [4.78, 5) is 7.61. The zero-order valence-corrected chi connectivity index (χ0v) is 29.4. The summed E-state index contributed by atoms with van der Waals surface area (Å²) in [5.74, 6) is 0.944. The Morgan fingerprint density at radius 1 is 0.333 bits per heavy atom. The van der Waals surface area contributed by atoms with Crippen molar-refractivity contribution in [2.45, 2.75) is 0 Å². The van der Waals surface area contributed by atoms with E-state index >= 15 is 0 Å². The molecule has 0 bridgehead atoms. The van der Waals surface area contributed by atoms with Crippen LogP contribution in [0.25, 0.3) is 83.0 Å². The SMILES string of the molecule is c1ccc(-c2c3ccccc3c(-c3cccc(-c4ccc5c(c4)N(c4ccccc4)c4cccc6nc(-c7ccccc7)n-5c46)c3)c3ccccc23)cc1. The third-order valence-corrected chi connectivity index (χ3v) is 10.9. The lowest BCUT2D eigenvalue weighted by atomic mass is 9.85. The Hall–Kier alpha value is -7.23. The molecule has 11 rings (SSSR count). The first-order valence-corrected chi connectivity index (χ1v) is 18.5. The van der Waals surface area contributed by atoms with E-state index in [0.717, 1.165) is 50.7 Å². The molecule has 9 aromatic carbocycles. The minimum atomic E-state index is 0.944. The molecule has 54 heavy (non-hydrogen) atoms. The number of imidazole rings is 1. The number of hydrogen-bond donors (Lipinski definition) is 0. The number of aromatic nitrogens is 2. The maximum atomic E-state index is 5.22. The molecule has 0 radical (unpaired) electrons. The van der Waals surface area contributed by atoms with Gasteiger partial charge in [-0.15, -0.1) is 0 Å². The van der Waals surface area contributed by atoms with Gasteiger partial charge >= 0.3 is 0 Å². The standard InChI is InChI=1S/C51H33N3/c1-4-16-34(17-5-1)48-40-24-10-12-26-42(40)49(43-27-13-11-25-41(43)48)38-21-14-20-36(32-38)37-30-31-45-47(33-37)53(39-22-8-3-9-23-39)46-29-15-28-44-50(46)54(45)51(52-44)35-18-6-2-7-19-35/h1-33H. The van der Waals surface area contributed by atoms with Gasteiger partial charge in [0.2, 0.25) is 0 Å². The van der Waals surface area contributed by atoms with Crippen molar-refractivity contribution < 1.29 is 0 Å². The Balaban J connectivity index is 1.13. The summed E-state index contributed by atoms with van der Waals surface area (Å²) < 4.78 is 2.35. The van der Waals surface area contributed by atoms with E-state index in [0.29, 0.717) is 0 Å². The number of para-hydroxylation sites is 2. The maximum absolute atomic E-state index is 5.22. The minimum Gasteiger partial charge on any atom is -0.306 e. The van der Waals surface area contributed by atoms with Gasteiger partial charge in [0.1, 0.15) is 5.82 Å². The molecule has 0 saturated heterocycles. The lowest BCUT2D eigenvalue weighted by Crippen LogP contribution is -2.18. The van der Waals surface area contributed by atoms with Crippen LogP contribution in [0, 0.1) is 0 Å². The summed E-state index contributed by atoms with van der Waals surface area (Å²) in [6, 6.07) is 72.2. The van der Waals surface area contributed by atoms with Crippen molar-refractivity contribution in [2.24, 2.45) is 0 Å². The molecule has 1 aromatic heterocycles. The number of hydrogen-bond acceptors (Lipinski definition) is 2. The van der Waals surface area contributed by atoms with Crippen LogP contribution in [0.3, 0.4) is 0 Å². The van der Waals surface area contributed by atoms with Crippen LogP contribution >= 0.6 is 0 Å². The monoisotopic (exact) mass is 687 g/mol. The highest BCUT2D eigenvalue weighted by Gasteiger charge is 2.30. The summed E-state index contributed by atoms with van der Waals surface area (Å²) in [7, 11) is 0. The molecule has 0 unspecified atom stereocenters. The third-order valence-electron chi connectivity index (χ3n) is 10.9. The number of benzene rings is 9. The average molecular weight is 688 g/mol. The van der Waals surface area contributed by atoms with Crippen LogP contribution in [0.4, 0.5) is 17.1 Å². The first-order chi connectivity index (χ1) is 26.8. The van der Waals surface area contributed by atoms with E-state index in [1.807, 2.05) is 0 Å². The summed E-state index contributed by atoms with van der Waals surface area (Å²) in [5.41, 5.74) is 14.9. The summed E-state index contributed by atoms with van der Waals surface area (Å²) in [6.45, 7) is 0. The largest absolute Gasteiger partial charge is 0.306 e. The van der Waals surface area contributed by atoms with E-state index in [-0.39, 0.29) is 0 Å². The maximum Gasteiger partial charge on any atom is 0.145 e. The fourth-order valence-corrected chi connectivity index (χ4v) is 8.57. The Morgan fingerprint density at radius 3 is 1.52 bits per heavy atom. The smallest absolute Gasteiger partial charge is 0.145 e. The molecule has 10 aromatic rings. The van der Waals surface area contributed by atoms with Gasteiger partial charge < -0.3 is 4.90 Å². The second-order valence-corrected chi connectivity index (χ2v) is 13.9. The molecule has 1 aliphatic heterocycles. The molecule has 3 nitrogen and oxygen atoms in total. The van der Waals surface area contributed by atoms with E-state index in [1.54, 1.807) is 0 Å². The van der Waals surface area contributed by atoms with Crippen LogP contribution < -0.4 is 4.90 Å². The lowest BCUT2D eigenvalue weighted by molar-refractivity contribution is 1.06. The molecule has 3 heteroatoms. The average Bonchev–Trinajstić information content (AvgIpc) is 3.64. The quantitative estimate of drug-likeness (QED) is 0.168. The summed E-state index contributed by atoms with van der Waals surface area (Å²) in [6.07, 6.45) is 0. The summed E-state index contributed by atoms with van der Waals surface area (Å²) in [5, 5.41) is 5.02. The van der Waals surface area contributed by atoms with Gasteiger partial charge in [0.15, 0.2) is 0 Å². The molecule has 0 saturated carbocycles. The molecular weight excluding hydrogens is 655 g/mol. The summed E-state index contributed by atoms with van der Waals surface area (Å²) >= 11 is 0. The van der Waals surface area contributed by atoms with Crippen LogP contribution in [-0.4, -0.2) is 9.55 Å². The zero-order valence-electron chi connectivity index (χ0n) is 29.4. The predicted octanol–water partition coefficient (Wildman–Crippen LogP) is 13.8. The zero-order chi connectivity index (χ0) is 35.6. The van der Waals surface area contributed by atoms with Gasteiger partial charge in [0.25, 0.3) is 0 Å². The molecule has 1 aliphatic rings. The molecule has 0 spiro atoms. The molecule has 0 atom stereocenters. The van der Waals surface area contributed by atoms with Gasteiger partial charge in [-0.25, -0.2) is 4.98 Å². The van der Waals surface area contributed by atoms with Gasteiger partial charge in [-0.2, -0.15) is 0 Å². The normalized spacial score (nSPS) is 12.0. The first-order valence-electron chi connectivity index (χ1n) is 18.5. The van der Waals surface area contributed by atoms with Gasteiger partial charge in [0, 0.05) is 11.3 Å².